The molecule has 1 aromatic carbocycles. The summed E-state index contributed by atoms with van der Waals surface area (Å²) in [7, 11) is 0. The monoisotopic (exact) mass is 227 g/mol. The van der Waals surface area contributed by atoms with Crippen LogP contribution in [0.1, 0.15) is 16.1 Å². The van der Waals surface area contributed by atoms with E-state index in [-0.39, 0.29) is 0 Å². The lowest BCUT2D eigenvalue weighted by Gasteiger charge is -1.98. The highest BCUT2D eigenvalue weighted by atomic mass is 32.1. The molecule has 0 saturated carbocycles. The Kier molecular flexibility index (Phi) is 2.29. The molecule has 0 aliphatic heterocycles. The van der Waals surface area contributed by atoms with Gasteiger partial charge in [-0.15, -0.1) is 11.3 Å². The molecule has 2 heterocycles. The van der Waals surface area contributed by atoms with Gasteiger partial charge in [0.1, 0.15) is 0 Å². The van der Waals surface area contributed by atoms with E-state index in [1.54, 1.807) is 0 Å². The molecular formula is C14H13NS. The van der Waals surface area contributed by atoms with Crippen LogP contribution in [0.2, 0.25) is 0 Å². The fraction of sp³-hybridized carbons (Fsp3) is 0.143. The predicted molar refractivity (Wildman–Crippen MR) is 70.2 cm³/mol. The molecule has 0 fully saturated rings. The molecule has 16 heavy (non-hydrogen) atoms. The molecule has 1 nitrogen and oxygen atoms in total. The molecule has 0 spiro atoms. The van der Waals surface area contributed by atoms with E-state index in [1.165, 1.54) is 27.0 Å². The molecule has 0 amide bonds. The highest BCUT2D eigenvalue weighted by Crippen LogP contribution is 2.25. The zero-order chi connectivity index (χ0) is 11.0. The second kappa shape index (κ2) is 3.80. The van der Waals surface area contributed by atoms with E-state index in [9.17, 15) is 0 Å². The molecule has 0 aliphatic rings. The van der Waals surface area contributed by atoms with E-state index in [1.807, 2.05) is 11.3 Å². The Morgan fingerprint density at radius 2 is 2.00 bits per heavy atom. The van der Waals surface area contributed by atoms with E-state index in [0.29, 0.717) is 0 Å². The summed E-state index contributed by atoms with van der Waals surface area (Å²) in [4.78, 5) is 4.87. The minimum atomic E-state index is 1.04. The molecule has 3 rings (SSSR count). The Labute approximate surface area is 98.7 Å². The van der Waals surface area contributed by atoms with E-state index in [0.717, 1.165) is 6.42 Å². The van der Waals surface area contributed by atoms with Gasteiger partial charge < -0.3 is 4.98 Å². The van der Waals surface area contributed by atoms with Crippen molar-refractivity contribution in [2.24, 2.45) is 0 Å². The van der Waals surface area contributed by atoms with Crippen LogP contribution in [0.5, 0.6) is 0 Å². The van der Waals surface area contributed by atoms with Gasteiger partial charge in [0, 0.05) is 27.9 Å². The summed E-state index contributed by atoms with van der Waals surface area (Å²) in [6.45, 7) is 2.16. The fourth-order valence-corrected chi connectivity index (χ4v) is 2.87. The Morgan fingerprint density at radius 1 is 1.12 bits per heavy atom. The number of aromatic amines is 1. The van der Waals surface area contributed by atoms with Crippen molar-refractivity contribution in [2.45, 2.75) is 13.3 Å². The van der Waals surface area contributed by atoms with Crippen LogP contribution in [-0.4, -0.2) is 4.98 Å². The minimum absolute atomic E-state index is 1.04. The van der Waals surface area contributed by atoms with Crippen molar-refractivity contribution in [1.82, 2.24) is 4.98 Å². The Bertz CT molecular complexity index is 605. The highest BCUT2D eigenvalue weighted by Gasteiger charge is 2.08. The standard InChI is InChI=1S/C14H13NS/c1-10-13(9-11-5-4-8-16-11)12-6-2-3-7-14(12)15-10/h2-8,15H,9H2,1H3. The number of aromatic nitrogens is 1. The van der Waals surface area contributed by atoms with Gasteiger partial charge in [0.2, 0.25) is 0 Å². The minimum Gasteiger partial charge on any atom is -0.358 e. The van der Waals surface area contributed by atoms with Gasteiger partial charge in [-0.3, -0.25) is 0 Å². The Balaban J connectivity index is 2.12. The molecule has 0 unspecified atom stereocenters. The van der Waals surface area contributed by atoms with E-state index >= 15 is 0 Å². The van der Waals surface area contributed by atoms with Gasteiger partial charge in [-0.05, 0) is 30.0 Å². The quantitative estimate of drug-likeness (QED) is 0.677. The van der Waals surface area contributed by atoms with Gasteiger partial charge in [-0.25, -0.2) is 0 Å². The van der Waals surface area contributed by atoms with Crippen molar-refractivity contribution in [3.8, 4) is 0 Å². The number of fused-ring (bicyclic) bond motifs is 1. The second-order valence-electron chi connectivity index (χ2n) is 4.03. The first-order valence-corrected chi connectivity index (χ1v) is 6.31. The molecular weight excluding hydrogens is 214 g/mol. The fourth-order valence-electron chi connectivity index (χ4n) is 2.15. The van der Waals surface area contributed by atoms with Crippen LogP contribution in [0.4, 0.5) is 0 Å². The summed E-state index contributed by atoms with van der Waals surface area (Å²) in [5.74, 6) is 0. The molecule has 1 N–H and O–H groups in total. The number of H-pyrrole nitrogens is 1. The average molecular weight is 227 g/mol. The first-order valence-electron chi connectivity index (χ1n) is 5.43. The average Bonchev–Trinajstić information content (AvgIpc) is 2.89. The van der Waals surface area contributed by atoms with Crippen molar-refractivity contribution in [2.75, 3.05) is 0 Å². The third-order valence-electron chi connectivity index (χ3n) is 2.96. The van der Waals surface area contributed by atoms with Crippen LogP contribution in [0.25, 0.3) is 10.9 Å². The largest absolute Gasteiger partial charge is 0.358 e. The smallest absolute Gasteiger partial charge is 0.0458 e. The van der Waals surface area contributed by atoms with Gasteiger partial charge in [-0.1, -0.05) is 24.3 Å². The number of aryl methyl sites for hydroxylation is 1. The van der Waals surface area contributed by atoms with E-state index in [4.69, 9.17) is 0 Å². The number of thiophene rings is 1. The van der Waals surface area contributed by atoms with E-state index in [2.05, 4.69) is 53.7 Å². The summed E-state index contributed by atoms with van der Waals surface area (Å²) >= 11 is 1.82. The number of benzene rings is 1. The number of rotatable bonds is 2. The maximum Gasteiger partial charge on any atom is 0.0458 e. The Hall–Kier alpha value is -1.54. The summed E-state index contributed by atoms with van der Waals surface area (Å²) in [5, 5.41) is 3.49. The molecule has 80 valence electrons. The molecule has 2 heteroatoms. The molecule has 2 aromatic heterocycles. The van der Waals surface area contributed by atoms with Crippen molar-refractivity contribution in [3.63, 3.8) is 0 Å². The Morgan fingerprint density at radius 3 is 2.81 bits per heavy atom. The van der Waals surface area contributed by atoms with Crippen LogP contribution < -0.4 is 0 Å². The normalized spacial score (nSPS) is 11.1. The lowest BCUT2D eigenvalue weighted by atomic mass is 10.1. The highest BCUT2D eigenvalue weighted by molar-refractivity contribution is 7.09. The van der Waals surface area contributed by atoms with Gasteiger partial charge >= 0.3 is 0 Å². The summed E-state index contributed by atoms with van der Waals surface area (Å²) in [6.07, 6.45) is 1.04. The number of hydrogen-bond donors (Lipinski definition) is 1. The van der Waals surface area contributed by atoms with Crippen LogP contribution in [0, 0.1) is 6.92 Å². The first-order chi connectivity index (χ1) is 7.84. The lowest BCUT2D eigenvalue weighted by Crippen LogP contribution is -1.85. The van der Waals surface area contributed by atoms with Crippen molar-refractivity contribution >= 4 is 22.2 Å². The maximum atomic E-state index is 3.44. The molecule has 0 bridgehead atoms. The molecule has 0 aliphatic carbocycles. The van der Waals surface area contributed by atoms with Crippen molar-refractivity contribution in [1.29, 1.82) is 0 Å². The summed E-state index contributed by atoms with van der Waals surface area (Å²) < 4.78 is 0. The van der Waals surface area contributed by atoms with Crippen LogP contribution in [-0.2, 0) is 6.42 Å². The van der Waals surface area contributed by atoms with Crippen LogP contribution in [0.15, 0.2) is 41.8 Å². The second-order valence-corrected chi connectivity index (χ2v) is 5.06. The lowest BCUT2D eigenvalue weighted by molar-refractivity contribution is 1.17. The summed E-state index contributed by atoms with van der Waals surface area (Å²) in [5.41, 5.74) is 3.96. The molecule has 3 aromatic rings. The molecule has 0 saturated heterocycles. The zero-order valence-corrected chi connectivity index (χ0v) is 9.97. The topological polar surface area (TPSA) is 15.8 Å². The van der Waals surface area contributed by atoms with Crippen LogP contribution >= 0.6 is 11.3 Å². The van der Waals surface area contributed by atoms with Gasteiger partial charge in [-0.2, -0.15) is 0 Å². The summed E-state index contributed by atoms with van der Waals surface area (Å²) in [6, 6.07) is 12.8. The van der Waals surface area contributed by atoms with Crippen molar-refractivity contribution < 1.29 is 0 Å². The number of para-hydroxylation sites is 1. The van der Waals surface area contributed by atoms with Gasteiger partial charge in [0.05, 0.1) is 0 Å². The van der Waals surface area contributed by atoms with E-state index < -0.39 is 0 Å². The zero-order valence-electron chi connectivity index (χ0n) is 9.16. The predicted octanol–water partition coefficient (Wildman–Crippen LogP) is 4.13. The molecule has 0 atom stereocenters. The third kappa shape index (κ3) is 1.55. The van der Waals surface area contributed by atoms with Gasteiger partial charge in [0.25, 0.3) is 0 Å². The van der Waals surface area contributed by atoms with Crippen molar-refractivity contribution in [3.05, 3.63) is 57.9 Å². The van der Waals surface area contributed by atoms with Gasteiger partial charge in [0.15, 0.2) is 0 Å². The first kappa shape index (κ1) is 9.67. The SMILES string of the molecule is Cc1[nH]c2ccccc2c1Cc1cccs1. The molecule has 0 radical (unpaired) electrons. The maximum absolute atomic E-state index is 3.44. The number of hydrogen-bond acceptors (Lipinski definition) is 1. The number of nitrogens with one attached hydrogen (secondary N) is 1. The van der Waals surface area contributed by atoms with Crippen LogP contribution in [0.3, 0.4) is 0 Å². The third-order valence-corrected chi connectivity index (χ3v) is 3.83.